The molecule has 0 unspecified atom stereocenters. The van der Waals surface area contributed by atoms with Gasteiger partial charge in [-0.1, -0.05) is 0 Å². The van der Waals surface area contributed by atoms with Crippen molar-refractivity contribution in [3.05, 3.63) is 24.3 Å². The standard InChI is InChI=1S/C11H16N2O/c1-11(14)6-7-13(8-11)10-4-2-9(12)3-5-10/h2-5,14H,6-8,12H2,1H3/t11-/m1/s1. The average Bonchev–Trinajstić information content (AvgIpc) is 2.47. The minimum atomic E-state index is -0.540. The molecule has 1 aromatic rings. The summed E-state index contributed by atoms with van der Waals surface area (Å²) in [6, 6.07) is 7.78. The van der Waals surface area contributed by atoms with Gasteiger partial charge in [0.2, 0.25) is 0 Å². The molecule has 3 heteroatoms. The summed E-state index contributed by atoms with van der Waals surface area (Å²) in [6.45, 7) is 3.50. The molecule has 0 aromatic heterocycles. The van der Waals surface area contributed by atoms with Crippen LogP contribution in [0.4, 0.5) is 11.4 Å². The molecule has 0 spiro atoms. The van der Waals surface area contributed by atoms with Gasteiger partial charge in [0.25, 0.3) is 0 Å². The van der Waals surface area contributed by atoms with E-state index >= 15 is 0 Å². The number of nitrogens with two attached hydrogens (primary N) is 1. The normalized spacial score (nSPS) is 26.9. The summed E-state index contributed by atoms with van der Waals surface area (Å²) in [5, 5.41) is 9.81. The third kappa shape index (κ3) is 1.82. The number of aliphatic hydroxyl groups is 1. The fourth-order valence-electron chi connectivity index (χ4n) is 1.85. The Hall–Kier alpha value is -1.22. The van der Waals surface area contributed by atoms with Crippen LogP contribution in [0.5, 0.6) is 0 Å². The predicted molar refractivity (Wildman–Crippen MR) is 58.3 cm³/mol. The maximum atomic E-state index is 9.81. The number of rotatable bonds is 1. The van der Waals surface area contributed by atoms with Crippen molar-refractivity contribution in [2.24, 2.45) is 0 Å². The van der Waals surface area contributed by atoms with Crippen molar-refractivity contribution in [1.29, 1.82) is 0 Å². The molecule has 0 amide bonds. The SMILES string of the molecule is C[C@@]1(O)CCN(c2ccc(N)cc2)C1. The molecule has 0 aliphatic carbocycles. The van der Waals surface area contributed by atoms with E-state index in [1.165, 1.54) is 0 Å². The Bertz CT molecular complexity index is 319. The summed E-state index contributed by atoms with van der Waals surface area (Å²) >= 11 is 0. The van der Waals surface area contributed by atoms with Crippen LogP contribution in [-0.4, -0.2) is 23.8 Å². The van der Waals surface area contributed by atoms with Gasteiger partial charge in [0.05, 0.1) is 5.60 Å². The van der Waals surface area contributed by atoms with E-state index in [2.05, 4.69) is 4.90 Å². The smallest absolute Gasteiger partial charge is 0.0810 e. The van der Waals surface area contributed by atoms with Crippen LogP contribution >= 0.6 is 0 Å². The van der Waals surface area contributed by atoms with Crippen LogP contribution in [0, 0.1) is 0 Å². The van der Waals surface area contributed by atoms with E-state index in [0.29, 0.717) is 6.54 Å². The van der Waals surface area contributed by atoms with E-state index in [4.69, 9.17) is 5.73 Å². The molecule has 3 N–H and O–H groups in total. The van der Waals surface area contributed by atoms with E-state index in [1.807, 2.05) is 31.2 Å². The molecular formula is C11H16N2O. The number of hydrogen-bond donors (Lipinski definition) is 2. The Morgan fingerprint density at radius 3 is 2.50 bits per heavy atom. The number of nitrogen functional groups attached to an aromatic ring is 1. The molecule has 76 valence electrons. The summed E-state index contributed by atoms with van der Waals surface area (Å²) in [6.07, 6.45) is 0.831. The Labute approximate surface area is 84.1 Å². The molecule has 0 saturated carbocycles. The number of nitrogens with zero attached hydrogens (tertiary/aromatic N) is 1. The van der Waals surface area contributed by atoms with E-state index < -0.39 is 5.60 Å². The topological polar surface area (TPSA) is 49.5 Å². The summed E-state index contributed by atoms with van der Waals surface area (Å²) < 4.78 is 0. The highest BCUT2D eigenvalue weighted by Gasteiger charge is 2.31. The van der Waals surface area contributed by atoms with Gasteiger partial charge in [0.1, 0.15) is 0 Å². The molecule has 1 aromatic carbocycles. The highest BCUT2D eigenvalue weighted by Crippen LogP contribution is 2.26. The van der Waals surface area contributed by atoms with Crippen LogP contribution in [0.1, 0.15) is 13.3 Å². The predicted octanol–water partition coefficient (Wildman–Crippen LogP) is 1.23. The van der Waals surface area contributed by atoms with Gasteiger partial charge in [-0.15, -0.1) is 0 Å². The molecule has 1 fully saturated rings. The highest BCUT2D eigenvalue weighted by atomic mass is 16.3. The molecule has 0 radical (unpaired) electrons. The number of β-amino-alcohol motifs (C(OH)–C–C–N with tert-alkyl or cyclic N) is 1. The molecule has 1 atom stereocenters. The van der Waals surface area contributed by atoms with Crippen molar-refractivity contribution in [3.8, 4) is 0 Å². The molecule has 14 heavy (non-hydrogen) atoms. The molecular weight excluding hydrogens is 176 g/mol. The first-order valence-corrected chi connectivity index (χ1v) is 4.90. The lowest BCUT2D eigenvalue weighted by molar-refractivity contribution is 0.0839. The number of hydrogen-bond acceptors (Lipinski definition) is 3. The van der Waals surface area contributed by atoms with Crippen molar-refractivity contribution in [2.45, 2.75) is 18.9 Å². The van der Waals surface area contributed by atoms with Gasteiger partial charge in [-0.2, -0.15) is 0 Å². The van der Waals surface area contributed by atoms with Gasteiger partial charge in [-0.25, -0.2) is 0 Å². The maximum Gasteiger partial charge on any atom is 0.0810 e. The molecule has 1 saturated heterocycles. The molecule has 1 aliphatic heterocycles. The summed E-state index contributed by atoms with van der Waals surface area (Å²) in [5.41, 5.74) is 6.98. The molecule has 1 aliphatic rings. The minimum Gasteiger partial charge on any atom is -0.399 e. The van der Waals surface area contributed by atoms with Gasteiger partial charge in [0, 0.05) is 24.5 Å². The van der Waals surface area contributed by atoms with Crippen molar-refractivity contribution < 1.29 is 5.11 Å². The average molecular weight is 192 g/mol. The summed E-state index contributed by atoms with van der Waals surface area (Å²) in [4.78, 5) is 2.18. The Morgan fingerprint density at radius 1 is 1.36 bits per heavy atom. The zero-order chi connectivity index (χ0) is 10.2. The van der Waals surface area contributed by atoms with E-state index in [1.54, 1.807) is 0 Å². The minimum absolute atomic E-state index is 0.540. The Kier molecular flexibility index (Phi) is 2.11. The van der Waals surface area contributed by atoms with Crippen LogP contribution in [-0.2, 0) is 0 Å². The molecule has 0 bridgehead atoms. The maximum absolute atomic E-state index is 9.81. The summed E-state index contributed by atoms with van der Waals surface area (Å²) in [5.74, 6) is 0. The van der Waals surface area contributed by atoms with Crippen molar-refractivity contribution in [3.63, 3.8) is 0 Å². The second-order valence-corrected chi connectivity index (χ2v) is 4.26. The van der Waals surface area contributed by atoms with Crippen LogP contribution in [0.25, 0.3) is 0 Å². The van der Waals surface area contributed by atoms with Crippen molar-refractivity contribution in [2.75, 3.05) is 23.7 Å². The molecule has 2 rings (SSSR count). The first-order chi connectivity index (χ1) is 6.57. The molecule has 1 heterocycles. The lowest BCUT2D eigenvalue weighted by Gasteiger charge is -2.20. The fourth-order valence-corrected chi connectivity index (χ4v) is 1.85. The van der Waals surface area contributed by atoms with Crippen LogP contribution in [0.2, 0.25) is 0 Å². The van der Waals surface area contributed by atoms with Crippen LogP contribution < -0.4 is 10.6 Å². The first kappa shape index (κ1) is 9.34. The Morgan fingerprint density at radius 2 is 2.00 bits per heavy atom. The summed E-state index contributed by atoms with van der Waals surface area (Å²) in [7, 11) is 0. The molecule has 3 nitrogen and oxygen atoms in total. The van der Waals surface area contributed by atoms with E-state index in [0.717, 1.165) is 24.3 Å². The number of anilines is 2. The van der Waals surface area contributed by atoms with Crippen molar-refractivity contribution >= 4 is 11.4 Å². The van der Waals surface area contributed by atoms with Gasteiger partial charge in [-0.05, 0) is 37.6 Å². The van der Waals surface area contributed by atoms with Gasteiger partial charge < -0.3 is 15.7 Å². The fraction of sp³-hybridized carbons (Fsp3) is 0.455. The van der Waals surface area contributed by atoms with Crippen molar-refractivity contribution in [1.82, 2.24) is 0 Å². The number of benzene rings is 1. The zero-order valence-corrected chi connectivity index (χ0v) is 8.40. The third-order valence-electron chi connectivity index (χ3n) is 2.71. The Balaban J connectivity index is 2.14. The zero-order valence-electron chi connectivity index (χ0n) is 8.40. The van der Waals surface area contributed by atoms with Crippen LogP contribution in [0.15, 0.2) is 24.3 Å². The highest BCUT2D eigenvalue weighted by molar-refractivity contribution is 5.54. The third-order valence-corrected chi connectivity index (χ3v) is 2.71. The van der Waals surface area contributed by atoms with Gasteiger partial charge in [-0.3, -0.25) is 0 Å². The lowest BCUT2D eigenvalue weighted by Crippen LogP contribution is -2.29. The second-order valence-electron chi connectivity index (χ2n) is 4.26. The monoisotopic (exact) mass is 192 g/mol. The lowest BCUT2D eigenvalue weighted by atomic mass is 10.1. The first-order valence-electron chi connectivity index (χ1n) is 4.90. The quantitative estimate of drug-likeness (QED) is 0.658. The largest absolute Gasteiger partial charge is 0.399 e. The van der Waals surface area contributed by atoms with E-state index in [9.17, 15) is 5.11 Å². The van der Waals surface area contributed by atoms with E-state index in [-0.39, 0.29) is 0 Å². The van der Waals surface area contributed by atoms with Gasteiger partial charge >= 0.3 is 0 Å². The van der Waals surface area contributed by atoms with Gasteiger partial charge in [0.15, 0.2) is 0 Å². The second kappa shape index (κ2) is 3.17. The van der Waals surface area contributed by atoms with Crippen LogP contribution in [0.3, 0.4) is 0 Å².